The number of benzene rings is 1. The van der Waals surface area contributed by atoms with Crippen molar-refractivity contribution in [1.29, 1.82) is 0 Å². The molecule has 0 radical (unpaired) electrons. The Kier molecular flexibility index (Phi) is 6.12. The van der Waals surface area contributed by atoms with E-state index in [0.717, 1.165) is 23.4 Å². The van der Waals surface area contributed by atoms with Crippen LogP contribution in [0.5, 0.6) is 0 Å². The lowest BCUT2D eigenvalue weighted by molar-refractivity contribution is -0.123. The molecule has 2 unspecified atom stereocenters. The Morgan fingerprint density at radius 3 is 2.50 bits per heavy atom. The Bertz CT molecular complexity index is 697. The summed E-state index contributed by atoms with van der Waals surface area (Å²) in [7, 11) is 0. The Labute approximate surface area is 156 Å². The summed E-state index contributed by atoms with van der Waals surface area (Å²) in [6.45, 7) is 5.70. The maximum Gasteiger partial charge on any atom is 0.227 e. The molecule has 0 bridgehead atoms. The molecule has 1 fully saturated rings. The van der Waals surface area contributed by atoms with Crippen molar-refractivity contribution in [2.24, 2.45) is 5.92 Å². The standard InChI is InChI=1S/C22H30N2O2/c1-15(21-16(2)24-26-17(21)3)22(25)23-20(19-12-8-5-9-13-19)14-18-10-6-4-7-11-18/h5,8-9,12-13,15,18,20H,4,6-7,10-11,14H2,1-3H3,(H,23,25). The minimum Gasteiger partial charge on any atom is -0.361 e. The number of aromatic nitrogens is 1. The van der Waals surface area contributed by atoms with E-state index in [1.165, 1.54) is 37.7 Å². The van der Waals surface area contributed by atoms with Crippen LogP contribution in [0.2, 0.25) is 0 Å². The van der Waals surface area contributed by atoms with Crippen LogP contribution < -0.4 is 5.32 Å². The number of hydrogen-bond acceptors (Lipinski definition) is 3. The van der Waals surface area contributed by atoms with Gasteiger partial charge in [-0.25, -0.2) is 0 Å². The zero-order valence-electron chi connectivity index (χ0n) is 16.1. The molecule has 0 saturated heterocycles. The summed E-state index contributed by atoms with van der Waals surface area (Å²) in [5, 5.41) is 7.31. The average molecular weight is 354 g/mol. The van der Waals surface area contributed by atoms with Gasteiger partial charge in [0.05, 0.1) is 17.7 Å². The van der Waals surface area contributed by atoms with Gasteiger partial charge in [0, 0.05) is 5.56 Å². The van der Waals surface area contributed by atoms with Crippen LogP contribution in [-0.2, 0) is 4.79 Å². The molecule has 2 aromatic rings. The highest BCUT2D eigenvalue weighted by Crippen LogP contribution is 2.32. The van der Waals surface area contributed by atoms with E-state index in [2.05, 4.69) is 22.6 Å². The molecule has 4 nitrogen and oxygen atoms in total. The van der Waals surface area contributed by atoms with E-state index in [9.17, 15) is 4.79 Å². The van der Waals surface area contributed by atoms with Crippen LogP contribution in [-0.4, -0.2) is 11.1 Å². The molecule has 140 valence electrons. The largest absolute Gasteiger partial charge is 0.361 e. The number of carbonyl (C=O) groups excluding carboxylic acids is 1. The predicted molar refractivity (Wildman–Crippen MR) is 103 cm³/mol. The van der Waals surface area contributed by atoms with E-state index in [-0.39, 0.29) is 17.9 Å². The maximum absolute atomic E-state index is 13.0. The average Bonchev–Trinajstić information content (AvgIpc) is 3.00. The lowest BCUT2D eigenvalue weighted by atomic mass is 9.83. The van der Waals surface area contributed by atoms with Crippen molar-refractivity contribution >= 4 is 5.91 Å². The molecular formula is C22H30N2O2. The van der Waals surface area contributed by atoms with Crippen LogP contribution in [0.4, 0.5) is 0 Å². The van der Waals surface area contributed by atoms with Gasteiger partial charge in [-0.15, -0.1) is 0 Å². The quantitative estimate of drug-likeness (QED) is 0.773. The van der Waals surface area contributed by atoms with Crippen molar-refractivity contribution in [3.8, 4) is 0 Å². The lowest BCUT2D eigenvalue weighted by Gasteiger charge is -2.28. The van der Waals surface area contributed by atoms with Gasteiger partial charge in [0.2, 0.25) is 5.91 Å². The molecule has 1 aromatic carbocycles. The predicted octanol–water partition coefficient (Wildman–Crippen LogP) is 5.22. The second-order valence-corrected chi connectivity index (χ2v) is 7.67. The molecule has 3 rings (SSSR count). The molecule has 1 aliphatic carbocycles. The van der Waals surface area contributed by atoms with Crippen molar-refractivity contribution in [2.75, 3.05) is 0 Å². The second-order valence-electron chi connectivity index (χ2n) is 7.67. The van der Waals surface area contributed by atoms with Crippen LogP contribution in [0.15, 0.2) is 34.9 Å². The van der Waals surface area contributed by atoms with Crippen LogP contribution in [0.25, 0.3) is 0 Å². The molecule has 0 aliphatic heterocycles. The normalized spacial score (nSPS) is 17.7. The van der Waals surface area contributed by atoms with Crippen molar-refractivity contribution in [3.63, 3.8) is 0 Å². The fraction of sp³-hybridized carbons (Fsp3) is 0.545. The third kappa shape index (κ3) is 4.35. The highest BCUT2D eigenvalue weighted by molar-refractivity contribution is 5.84. The summed E-state index contributed by atoms with van der Waals surface area (Å²) in [5.74, 6) is 1.21. The van der Waals surface area contributed by atoms with E-state index in [1.807, 2.05) is 39.0 Å². The summed E-state index contributed by atoms with van der Waals surface area (Å²) >= 11 is 0. The third-order valence-corrected chi connectivity index (χ3v) is 5.73. The zero-order valence-corrected chi connectivity index (χ0v) is 16.1. The molecule has 2 atom stereocenters. The molecule has 1 aromatic heterocycles. The SMILES string of the molecule is Cc1noc(C)c1C(C)C(=O)NC(CC1CCCCC1)c1ccccc1. The van der Waals surface area contributed by atoms with Crippen molar-refractivity contribution in [2.45, 2.75) is 71.3 Å². The first-order valence-corrected chi connectivity index (χ1v) is 9.84. The number of carbonyl (C=O) groups is 1. The van der Waals surface area contributed by atoms with Crippen LogP contribution >= 0.6 is 0 Å². The van der Waals surface area contributed by atoms with Crippen molar-refractivity contribution < 1.29 is 9.32 Å². The molecule has 4 heteroatoms. The van der Waals surface area contributed by atoms with Gasteiger partial charge in [-0.2, -0.15) is 0 Å². The third-order valence-electron chi connectivity index (χ3n) is 5.73. The van der Waals surface area contributed by atoms with E-state index in [4.69, 9.17) is 4.52 Å². The number of amides is 1. The summed E-state index contributed by atoms with van der Waals surface area (Å²) in [6, 6.07) is 10.4. The van der Waals surface area contributed by atoms with Gasteiger partial charge in [-0.05, 0) is 38.7 Å². The molecule has 26 heavy (non-hydrogen) atoms. The summed E-state index contributed by atoms with van der Waals surface area (Å²) < 4.78 is 5.25. The van der Waals surface area contributed by atoms with E-state index in [0.29, 0.717) is 5.92 Å². The van der Waals surface area contributed by atoms with E-state index >= 15 is 0 Å². The van der Waals surface area contributed by atoms with Gasteiger partial charge in [0.1, 0.15) is 5.76 Å². The monoisotopic (exact) mass is 354 g/mol. The smallest absolute Gasteiger partial charge is 0.227 e. The molecule has 1 amide bonds. The van der Waals surface area contributed by atoms with E-state index < -0.39 is 0 Å². The van der Waals surface area contributed by atoms with Gasteiger partial charge in [0.15, 0.2) is 0 Å². The molecule has 1 saturated carbocycles. The van der Waals surface area contributed by atoms with Crippen molar-refractivity contribution in [1.82, 2.24) is 10.5 Å². The zero-order chi connectivity index (χ0) is 18.5. The van der Waals surface area contributed by atoms with Crippen LogP contribution in [0.1, 0.15) is 80.0 Å². The summed E-state index contributed by atoms with van der Waals surface area (Å²) in [6.07, 6.45) is 7.55. The van der Waals surface area contributed by atoms with Gasteiger partial charge >= 0.3 is 0 Å². The van der Waals surface area contributed by atoms with E-state index in [1.54, 1.807) is 0 Å². The number of nitrogens with one attached hydrogen (secondary N) is 1. The van der Waals surface area contributed by atoms with Gasteiger partial charge in [0.25, 0.3) is 0 Å². The van der Waals surface area contributed by atoms with Crippen LogP contribution in [0.3, 0.4) is 0 Å². The summed E-state index contributed by atoms with van der Waals surface area (Å²) in [5.41, 5.74) is 2.90. The van der Waals surface area contributed by atoms with Crippen molar-refractivity contribution in [3.05, 3.63) is 52.9 Å². The fourth-order valence-electron chi connectivity index (χ4n) is 4.26. The Balaban J connectivity index is 1.75. The molecule has 1 aliphatic rings. The van der Waals surface area contributed by atoms with Crippen LogP contribution in [0, 0.1) is 19.8 Å². The highest BCUT2D eigenvalue weighted by atomic mass is 16.5. The number of rotatable bonds is 6. The van der Waals surface area contributed by atoms with Gasteiger partial charge < -0.3 is 9.84 Å². The van der Waals surface area contributed by atoms with Gasteiger partial charge in [-0.3, -0.25) is 4.79 Å². The molecule has 0 spiro atoms. The first kappa shape index (κ1) is 18.7. The molecule has 1 heterocycles. The number of aryl methyl sites for hydroxylation is 2. The minimum atomic E-state index is -0.265. The number of hydrogen-bond donors (Lipinski definition) is 1. The lowest BCUT2D eigenvalue weighted by Crippen LogP contribution is -2.33. The highest BCUT2D eigenvalue weighted by Gasteiger charge is 2.27. The Hall–Kier alpha value is -2.10. The first-order chi connectivity index (χ1) is 12.6. The minimum absolute atomic E-state index is 0.0454. The first-order valence-electron chi connectivity index (χ1n) is 9.84. The molecule has 1 N–H and O–H groups in total. The van der Waals surface area contributed by atoms with Gasteiger partial charge in [-0.1, -0.05) is 67.6 Å². The number of nitrogens with zero attached hydrogens (tertiary/aromatic N) is 1. The second kappa shape index (κ2) is 8.52. The Morgan fingerprint density at radius 1 is 1.19 bits per heavy atom. The maximum atomic E-state index is 13.0. The Morgan fingerprint density at radius 2 is 1.88 bits per heavy atom. The summed E-state index contributed by atoms with van der Waals surface area (Å²) in [4.78, 5) is 13.0. The fourth-order valence-corrected chi connectivity index (χ4v) is 4.26. The molecular weight excluding hydrogens is 324 g/mol. The topological polar surface area (TPSA) is 55.1 Å².